The van der Waals surface area contributed by atoms with Gasteiger partial charge in [0.1, 0.15) is 0 Å². The van der Waals surface area contributed by atoms with E-state index < -0.39 is 0 Å². The van der Waals surface area contributed by atoms with Gasteiger partial charge < -0.3 is 5.11 Å². The Labute approximate surface area is 103 Å². The van der Waals surface area contributed by atoms with Crippen molar-refractivity contribution in [3.8, 4) is 0 Å². The van der Waals surface area contributed by atoms with Crippen LogP contribution in [-0.2, 0) is 6.42 Å². The molecule has 0 atom stereocenters. The van der Waals surface area contributed by atoms with Crippen molar-refractivity contribution in [2.45, 2.75) is 31.6 Å². The average Bonchev–Trinajstić information content (AvgIpc) is 2.33. The van der Waals surface area contributed by atoms with Gasteiger partial charge in [0.05, 0.1) is 6.61 Å². The van der Waals surface area contributed by atoms with Gasteiger partial charge in [0.25, 0.3) is 0 Å². The molecule has 0 saturated heterocycles. The van der Waals surface area contributed by atoms with E-state index in [2.05, 4.69) is 44.2 Å². The van der Waals surface area contributed by atoms with E-state index in [4.69, 9.17) is 5.11 Å². The first kappa shape index (κ1) is 13.3. The molecule has 0 saturated carbocycles. The highest BCUT2D eigenvalue weighted by Crippen LogP contribution is 2.22. The van der Waals surface area contributed by atoms with Crippen molar-refractivity contribution in [3.63, 3.8) is 0 Å². The van der Waals surface area contributed by atoms with Crippen molar-refractivity contribution in [3.05, 3.63) is 35.4 Å². The van der Waals surface area contributed by atoms with E-state index in [0.29, 0.717) is 0 Å². The number of hydrogen-bond donors (Lipinski definition) is 1. The molecule has 1 aromatic carbocycles. The normalized spacial score (nSPS) is 11.2. The fourth-order valence-electron chi connectivity index (χ4n) is 1.55. The van der Waals surface area contributed by atoms with Gasteiger partial charge in [-0.15, -0.1) is 11.8 Å². The van der Waals surface area contributed by atoms with Crippen molar-refractivity contribution in [1.29, 1.82) is 0 Å². The van der Waals surface area contributed by atoms with E-state index in [1.54, 1.807) is 11.8 Å². The molecule has 0 radical (unpaired) electrons. The molecule has 2 heteroatoms. The summed E-state index contributed by atoms with van der Waals surface area (Å²) in [5, 5.41) is 8.80. The Morgan fingerprint density at radius 2 is 2.12 bits per heavy atom. The van der Waals surface area contributed by atoms with Crippen molar-refractivity contribution >= 4 is 17.8 Å². The summed E-state index contributed by atoms with van der Waals surface area (Å²) >= 11 is 1.70. The number of hydrogen-bond acceptors (Lipinski definition) is 2. The fourth-order valence-corrected chi connectivity index (χ4v) is 2.25. The minimum Gasteiger partial charge on any atom is -0.396 e. The maximum absolute atomic E-state index is 8.80. The number of rotatable bonds is 6. The van der Waals surface area contributed by atoms with Crippen LogP contribution in [0.15, 0.2) is 29.2 Å². The molecule has 0 aromatic heterocycles. The van der Waals surface area contributed by atoms with E-state index in [-0.39, 0.29) is 6.61 Å². The SMILES string of the molecule is CC/C=C\c1cc(SCCO)ccc1CC. The minimum absolute atomic E-state index is 0.236. The van der Waals surface area contributed by atoms with Crippen LogP contribution in [-0.4, -0.2) is 17.5 Å². The molecule has 0 aliphatic heterocycles. The molecule has 0 unspecified atom stereocenters. The van der Waals surface area contributed by atoms with Gasteiger partial charge in [-0.2, -0.15) is 0 Å². The van der Waals surface area contributed by atoms with Crippen LogP contribution in [0, 0.1) is 0 Å². The first-order chi connectivity index (χ1) is 7.81. The Bertz CT molecular complexity index is 345. The summed E-state index contributed by atoms with van der Waals surface area (Å²) in [6.07, 6.45) is 6.52. The maximum Gasteiger partial charge on any atom is 0.0525 e. The molecule has 0 fully saturated rings. The number of thioether (sulfide) groups is 1. The molecule has 0 bridgehead atoms. The molecule has 0 aliphatic carbocycles. The molecule has 88 valence electrons. The van der Waals surface area contributed by atoms with E-state index in [1.807, 2.05) is 0 Å². The molecule has 0 heterocycles. The van der Waals surface area contributed by atoms with E-state index in [9.17, 15) is 0 Å². The van der Waals surface area contributed by atoms with Gasteiger partial charge in [-0.05, 0) is 36.1 Å². The second kappa shape index (κ2) is 7.53. The first-order valence-electron chi connectivity index (χ1n) is 5.85. The van der Waals surface area contributed by atoms with Gasteiger partial charge in [-0.3, -0.25) is 0 Å². The summed E-state index contributed by atoms with van der Waals surface area (Å²) in [5.74, 6) is 0.766. The highest BCUT2D eigenvalue weighted by molar-refractivity contribution is 7.99. The lowest BCUT2D eigenvalue weighted by molar-refractivity contribution is 0.322. The Balaban J connectivity index is 2.87. The third kappa shape index (κ3) is 4.03. The second-order valence-electron chi connectivity index (χ2n) is 3.60. The largest absolute Gasteiger partial charge is 0.396 e. The van der Waals surface area contributed by atoms with Gasteiger partial charge in [0, 0.05) is 10.6 Å². The molecular weight excluding hydrogens is 216 g/mol. The van der Waals surface area contributed by atoms with Crippen molar-refractivity contribution in [2.24, 2.45) is 0 Å². The standard InChI is InChI=1S/C14H20OS/c1-3-5-6-13-11-14(16-10-9-15)8-7-12(13)4-2/h5-8,11,15H,3-4,9-10H2,1-2H3/b6-5-. The summed E-state index contributed by atoms with van der Waals surface area (Å²) in [7, 11) is 0. The quantitative estimate of drug-likeness (QED) is 0.759. The van der Waals surface area contributed by atoms with Gasteiger partial charge in [0.15, 0.2) is 0 Å². The number of aryl methyl sites for hydroxylation is 1. The van der Waals surface area contributed by atoms with E-state index >= 15 is 0 Å². The maximum atomic E-state index is 8.80. The minimum atomic E-state index is 0.236. The molecule has 0 spiro atoms. The fraction of sp³-hybridized carbons (Fsp3) is 0.429. The van der Waals surface area contributed by atoms with Crippen molar-refractivity contribution < 1.29 is 5.11 Å². The zero-order chi connectivity index (χ0) is 11.8. The van der Waals surface area contributed by atoms with Gasteiger partial charge >= 0.3 is 0 Å². The summed E-state index contributed by atoms with van der Waals surface area (Å²) < 4.78 is 0. The van der Waals surface area contributed by atoms with Crippen LogP contribution in [0.5, 0.6) is 0 Å². The molecule has 1 N–H and O–H groups in total. The Kier molecular flexibility index (Phi) is 6.27. The molecule has 16 heavy (non-hydrogen) atoms. The summed E-state index contributed by atoms with van der Waals surface area (Å²) in [6, 6.07) is 6.54. The van der Waals surface area contributed by atoms with Gasteiger partial charge in [-0.25, -0.2) is 0 Å². The number of aliphatic hydroxyl groups is 1. The average molecular weight is 236 g/mol. The lowest BCUT2D eigenvalue weighted by Crippen LogP contribution is -1.89. The molecule has 0 amide bonds. The summed E-state index contributed by atoms with van der Waals surface area (Å²) in [6.45, 7) is 4.56. The van der Waals surface area contributed by atoms with Gasteiger partial charge in [0.2, 0.25) is 0 Å². The second-order valence-corrected chi connectivity index (χ2v) is 4.77. The van der Waals surface area contributed by atoms with Crippen molar-refractivity contribution in [2.75, 3.05) is 12.4 Å². The van der Waals surface area contributed by atoms with Gasteiger partial charge in [-0.1, -0.05) is 32.1 Å². The number of aliphatic hydroxyl groups excluding tert-OH is 1. The zero-order valence-electron chi connectivity index (χ0n) is 10.1. The molecule has 1 rings (SSSR count). The lowest BCUT2D eigenvalue weighted by Gasteiger charge is -2.06. The summed E-state index contributed by atoms with van der Waals surface area (Å²) in [5.41, 5.74) is 2.70. The molecule has 0 aliphatic rings. The van der Waals surface area contributed by atoms with Crippen LogP contribution in [0.1, 0.15) is 31.4 Å². The topological polar surface area (TPSA) is 20.2 Å². The van der Waals surface area contributed by atoms with Crippen LogP contribution in [0.25, 0.3) is 6.08 Å². The van der Waals surface area contributed by atoms with Crippen LogP contribution in [0.4, 0.5) is 0 Å². The number of allylic oxidation sites excluding steroid dienone is 1. The Morgan fingerprint density at radius 3 is 2.75 bits per heavy atom. The number of benzene rings is 1. The third-order valence-electron chi connectivity index (χ3n) is 2.39. The summed E-state index contributed by atoms with van der Waals surface area (Å²) in [4.78, 5) is 1.24. The predicted octanol–water partition coefficient (Wildman–Crippen LogP) is 3.76. The molecular formula is C14H20OS. The molecule has 1 nitrogen and oxygen atoms in total. The Morgan fingerprint density at radius 1 is 1.31 bits per heavy atom. The van der Waals surface area contributed by atoms with Crippen molar-refractivity contribution in [1.82, 2.24) is 0 Å². The van der Waals surface area contributed by atoms with Crippen LogP contribution in [0.2, 0.25) is 0 Å². The van der Waals surface area contributed by atoms with Crippen LogP contribution >= 0.6 is 11.8 Å². The third-order valence-corrected chi connectivity index (χ3v) is 3.37. The molecule has 1 aromatic rings. The van der Waals surface area contributed by atoms with Crippen LogP contribution < -0.4 is 0 Å². The zero-order valence-corrected chi connectivity index (χ0v) is 10.9. The Hall–Kier alpha value is -0.730. The smallest absolute Gasteiger partial charge is 0.0525 e. The van der Waals surface area contributed by atoms with E-state index in [1.165, 1.54) is 16.0 Å². The van der Waals surface area contributed by atoms with Crippen LogP contribution in [0.3, 0.4) is 0 Å². The van der Waals surface area contributed by atoms with E-state index in [0.717, 1.165) is 18.6 Å². The lowest BCUT2D eigenvalue weighted by atomic mass is 10.0. The highest BCUT2D eigenvalue weighted by atomic mass is 32.2. The highest BCUT2D eigenvalue weighted by Gasteiger charge is 2.00. The first-order valence-corrected chi connectivity index (χ1v) is 6.83. The monoisotopic (exact) mass is 236 g/mol. The predicted molar refractivity (Wildman–Crippen MR) is 73.0 cm³/mol.